The summed E-state index contributed by atoms with van der Waals surface area (Å²) in [5.74, 6) is 6.65. The number of nitrogen functional groups attached to an aromatic ring is 1. The fourth-order valence-electron chi connectivity index (χ4n) is 2.64. The Morgan fingerprint density at radius 1 is 1.37 bits per heavy atom. The zero-order valence-corrected chi connectivity index (χ0v) is 11.6. The summed E-state index contributed by atoms with van der Waals surface area (Å²) >= 11 is 0. The molecule has 19 heavy (non-hydrogen) atoms. The van der Waals surface area contributed by atoms with Crippen molar-refractivity contribution in [2.45, 2.75) is 33.2 Å². The number of anilines is 1. The van der Waals surface area contributed by atoms with Gasteiger partial charge >= 0.3 is 0 Å². The van der Waals surface area contributed by atoms with Gasteiger partial charge in [0.1, 0.15) is 5.69 Å². The molecule has 104 valence electrons. The molecule has 0 spiro atoms. The van der Waals surface area contributed by atoms with Crippen LogP contribution in [0, 0.1) is 11.8 Å². The fourth-order valence-corrected chi connectivity index (χ4v) is 2.64. The zero-order valence-electron chi connectivity index (χ0n) is 11.6. The summed E-state index contributed by atoms with van der Waals surface area (Å²) in [5, 5.41) is 0. The van der Waals surface area contributed by atoms with Gasteiger partial charge in [-0.1, -0.05) is 13.8 Å². The molecule has 6 heteroatoms. The van der Waals surface area contributed by atoms with Crippen molar-refractivity contribution in [1.29, 1.82) is 0 Å². The van der Waals surface area contributed by atoms with Crippen molar-refractivity contribution in [1.82, 2.24) is 14.9 Å². The van der Waals surface area contributed by atoms with Crippen molar-refractivity contribution in [2.75, 3.05) is 12.0 Å². The van der Waals surface area contributed by atoms with E-state index in [9.17, 15) is 4.79 Å². The Balaban J connectivity index is 2.17. The molecule has 1 aliphatic rings. The maximum Gasteiger partial charge on any atom is 0.274 e. The first-order valence-electron chi connectivity index (χ1n) is 6.62. The number of nitrogens with one attached hydrogen (secondary N) is 1. The highest BCUT2D eigenvalue weighted by Crippen LogP contribution is 2.27. The number of carbonyl (C=O) groups is 1. The van der Waals surface area contributed by atoms with Crippen molar-refractivity contribution in [3.63, 3.8) is 0 Å². The van der Waals surface area contributed by atoms with Crippen LogP contribution in [0.5, 0.6) is 0 Å². The van der Waals surface area contributed by atoms with Gasteiger partial charge in [0.05, 0.1) is 12.4 Å². The molecule has 2 heterocycles. The van der Waals surface area contributed by atoms with E-state index in [1.54, 1.807) is 0 Å². The van der Waals surface area contributed by atoms with Gasteiger partial charge in [0.2, 0.25) is 0 Å². The SMILES string of the molecule is CC1CC(C)C(C)N(C(=O)c2cnc(NN)cn2)C1. The Hall–Kier alpha value is -1.69. The van der Waals surface area contributed by atoms with Crippen LogP contribution in [0.2, 0.25) is 0 Å². The number of rotatable bonds is 2. The van der Waals surface area contributed by atoms with Gasteiger partial charge < -0.3 is 10.3 Å². The molecule has 1 saturated heterocycles. The molecule has 0 aromatic carbocycles. The first kappa shape index (κ1) is 13.7. The smallest absolute Gasteiger partial charge is 0.274 e. The lowest BCUT2D eigenvalue weighted by Crippen LogP contribution is -2.49. The van der Waals surface area contributed by atoms with Crippen LogP contribution >= 0.6 is 0 Å². The average Bonchev–Trinajstić information content (AvgIpc) is 2.42. The second-order valence-corrected chi connectivity index (χ2v) is 5.45. The number of hydrogen-bond donors (Lipinski definition) is 2. The minimum atomic E-state index is -0.0537. The highest BCUT2D eigenvalue weighted by atomic mass is 16.2. The zero-order chi connectivity index (χ0) is 14.0. The predicted molar refractivity (Wildman–Crippen MR) is 73.3 cm³/mol. The van der Waals surface area contributed by atoms with Gasteiger partial charge in [-0.05, 0) is 25.2 Å². The number of nitrogens with zero attached hydrogens (tertiary/aromatic N) is 3. The second-order valence-electron chi connectivity index (χ2n) is 5.45. The maximum atomic E-state index is 12.5. The summed E-state index contributed by atoms with van der Waals surface area (Å²) in [5.41, 5.74) is 2.76. The topological polar surface area (TPSA) is 84.1 Å². The number of aromatic nitrogens is 2. The molecule has 1 aromatic heterocycles. The Labute approximate surface area is 113 Å². The van der Waals surface area contributed by atoms with E-state index in [2.05, 4.69) is 36.2 Å². The number of hydrazine groups is 1. The third-order valence-corrected chi connectivity index (χ3v) is 3.88. The van der Waals surface area contributed by atoms with E-state index >= 15 is 0 Å². The van der Waals surface area contributed by atoms with Crippen molar-refractivity contribution in [3.05, 3.63) is 18.1 Å². The molecule has 6 nitrogen and oxygen atoms in total. The first-order chi connectivity index (χ1) is 9.02. The largest absolute Gasteiger partial charge is 0.334 e. The van der Waals surface area contributed by atoms with Crippen LogP contribution in [0.1, 0.15) is 37.7 Å². The molecule has 0 saturated carbocycles. The number of hydrogen-bond acceptors (Lipinski definition) is 5. The second kappa shape index (κ2) is 5.52. The van der Waals surface area contributed by atoms with Gasteiger partial charge in [0.15, 0.2) is 5.82 Å². The van der Waals surface area contributed by atoms with Crippen molar-refractivity contribution >= 4 is 11.7 Å². The number of nitrogens with two attached hydrogens (primary N) is 1. The van der Waals surface area contributed by atoms with Gasteiger partial charge in [-0.2, -0.15) is 0 Å². The van der Waals surface area contributed by atoms with Crippen molar-refractivity contribution in [3.8, 4) is 0 Å². The first-order valence-corrected chi connectivity index (χ1v) is 6.62. The summed E-state index contributed by atoms with van der Waals surface area (Å²) < 4.78 is 0. The lowest BCUT2D eigenvalue weighted by atomic mass is 9.86. The molecule has 3 atom stereocenters. The number of piperidine rings is 1. The van der Waals surface area contributed by atoms with Crippen LogP contribution < -0.4 is 11.3 Å². The lowest BCUT2D eigenvalue weighted by Gasteiger charge is -2.40. The van der Waals surface area contributed by atoms with E-state index in [4.69, 9.17) is 5.84 Å². The summed E-state index contributed by atoms with van der Waals surface area (Å²) in [6.45, 7) is 7.24. The van der Waals surface area contributed by atoms with Gasteiger partial charge in [0.25, 0.3) is 5.91 Å². The molecule has 0 aliphatic carbocycles. The summed E-state index contributed by atoms with van der Waals surface area (Å²) in [4.78, 5) is 22.5. The molecular formula is C13H21N5O. The summed E-state index contributed by atoms with van der Waals surface area (Å²) in [6.07, 6.45) is 4.09. The molecule has 2 rings (SSSR count). The molecule has 0 radical (unpaired) electrons. The number of amides is 1. The van der Waals surface area contributed by atoms with Gasteiger partial charge in [-0.15, -0.1) is 0 Å². The standard InChI is InChI=1S/C13H21N5O/c1-8-4-9(2)10(3)18(7-8)13(19)11-5-16-12(17-14)6-15-11/h5-6,8-10H,4,7,14H2,1-3H3,(H,16,17). The summed E-state index contributed by atoms with van der Waals surface area (Å²) in [7, 11) is 0. The minimum absolute atomic E-state index is 0.0537. The fraction of sp³-hybridized carbons (Fsp3) is 0.615. The molecule has 1 aliphatic heterocycles. The van der Waals surface area contributed by atoms with Crippen LogP contribution in [0.3, 0.4) is 0 Å². The van der Waals surface area contributed by atoms with Crippen LogP contribution in [0.4, 0.5) is 5.82 Å². The number of carbonyl (C=O) groups excluding carboxylic acids is 1. The van der Waals surface area contributed by atoms with Gasteiger partial charge in [-0.25, -0.2) is 15.8 Å². The van der Waals surface area contributed by atoms with Crippen LogP contribution in [-0.4, -0.2) is 33.4 Å². The molecule has 1 amide bonds. The van der Waals surface area contributed by atoms with E-state index in [0.717, 1.165) is 13.0 Å². The molecule has 1 aromatic rings. The quantitative estimate of drug-likeness (QED) is 0.620. The molecule has 3 N–H and O–H groups in total. The van der Waals surface area contributed by atoms with Gasteiger partial charge in [0, 0.05) is 12.6 Å². The minimum Gasteiger partial charge on any atom is -0.334 e. The lowest BCUT2D eigenvalue weighted by molar-refractivity contribution is 0.0449. The van der Waals surface area contributed by atoms with Crippen LogP contribution in [0.25, 0.3) is 0 Å². The van der Waals surface area contributed by atoms with E-state index < -0.39 is 0 Å². The van der Waals surface area contributed by atoms with E-state index in [1.165, 1.54) is 12.4 Å². The monoisotopic (exact) mass is 263 g/mol. The number of likely N-dealkylation sites (tertiary alicyclic amines) is 1. The van der Waals surface area contributed by atoms with Crippen molar-refractivity contribution in [2.24, 2.45) is 17.7 Å². The molecular weight excluding hydrogens is 242 g/mol. The summed E-state index contributed by atoms with van der Waals surface area (Å²) in [6, 6.07) is 0.234. The van der Waals surface area contributed by atoms with E-state index in [0.29, 0.717) is 23.3 Å². The van der Waals surface area contributed by atoms with Crippen LogP contribution in [0.15, 0.2) is 12.4 Å². The molecule has 3 unspecified atom stereocenters. The Bertz CT molecular complexity index is 447. The normalized spacial score (nSPS) is 27.2. The molecule has 1 fully saturated rings. The van der Waals surface area contributed by atoms with Crippen LogP contribution in [-0.2, 0) is 0 Å². The van der Waals surface area contributed by atoms with Crippen molar-refractivity contribution < 1.29 is 4.79 Å². The highest BCUT2D eigenvalue weighted by Gasteiger charge is 2.32. The Morgan fingerprint density at radius 3 is 2.68 bits per heavy atom. The Morgan fingerprint density at radius 2 is 2.11 bits per heavy atom. The third kappa shape index (κ3) is 2.84. The Kier molecular flexibility index (Phi) is 3.99. The highest BCUT2D eigenvalue weighted by molar-refractivity contribution is 5.92. The van der Waals surface area contributed by atoms with E-state index in [1.807, 2.05) is 4.90 Å². The predicted octanol–water partition coefficient (Wildman–Crippen LogP) is 1.27. The van der Waals surface area contributed by atoms with E-state index in [-0.39, 0.29) is 11.9 Å². The van der Waals surface area contributed by atoms with Gasteiger partial charge in [-0.3, -0.25) is 4.79 Å². The average molecular weight is 263 g/mol. The third-order valence-electron chi connectivity index (χ3n) is 3.88. The molecule has 0 bridgehead atoms. The maximum absolute atomic E-state index is 12.5.